The van der Waals surface area contributed by atoms with Crippen molar-refractivity contribution in [3.63, 3.8) is 0 Å². The molecule has 0 N–H and O–H groups in total. The number of ether oxygens (including phenoxy) is 3. The maximum Gasteiger partial charge on any atom is 0.212 e. The molecule has 4 atom stereocenters. The van der Waals surface area contributed by atoms with Crippen molar-refractivity contribution in [3.8, 4) is 0 Å². The average molecular weight is 706 g/mol. The number of hydrogen-bond acceptors (Lipinski definition) is 6. The molecule has 0 radical (unpaired) electrons. The van der Waals surface area contributed by atoms with E-state index in [1.807, 2.05) is 109 Å². The van der Waals surface area contributed by atoms with Gasteiger partial charge in [0.05, 0.1) is 25.9 Å². The number of oxime groups is 1. The van der Waals surface area contributed by atoms with Gasteiger partial charge < -0.3 is 19.0 Å². The Balaban J connectivity index is 1.30. The second kappa shape index (κ2) is 17.5. The van der Waals surface area contributed by atoms with E-state index in [9.17, 15) is 0 Å². The predicted octanol–water partition coefficient (Wildman–Crippen LogP) is 10.2. The summed E-state index contributed by atoms with van der Waals surface area (Å²) < 4.78 is 20.5. The summed E-state index contributed by atoms with van der Waals surface area (Å²) in [5, 5.41) is 5.78. The highest BCUT2D eigenvalue weighted by Crippen LogP contribution is 2.42. The first kappa shape index (κ1) is 35.4. The van der Waals surface area contributed by atoms with Crippen molar-refractivity contribution in [2.24, 2.45) is 5.16 Å². The topological polar surface area (TPSA) is 49.3 Å². The van der Waals surface area contributed by atoms with Gasteiger partial charge >= 0.3 is 0 Å². The van der Waals surface area contributed by atoms with E-state index in [-0.39, 0.29) is 11.4 Å². The standard InChI is InChI=1S/C46H43NO4S/c1-35-42(48-32-36-20-8-2-9-21-36)43(49-33-37-22-10-3-11-23-37)44(50-34-38-24-12-4-13-25-38)45(52-35)47-51-46(39-26-14-5-15-27-39,40-28-16-6-17-29-40)41-30-18-7-19-31-41/h2-31,35,42-44H,32-34H2,1H3/b47-45-/t35-,42+,43-,44+/m0/s1. The zero-order valence-corrected chi connectivity index (χ0v) is 30.1. The van der Waals surface area contributed by atoms with Crippen molar-refractivity contribution in [2.45, 2.75) is 55.9 Å². The summed E-state index contributed by atoms with van der Waals surface area (Å²) in [6.07, 6.45) is -1.35. The fourth-order valence-electron chi connectivity index (χ4n) is 6.64. The molecule has 6 heteroatoms. The highest BCUT2D eigenvalue weighted by atomic mass is 32.2. The normalized spacial score (nSPS) is 19.7. The molecule has 0 aromatic heterocycles. The summed E-state index contributed by atoms with van der Waals surface area (Å²) in [7, 11) is 0. The van der Waals surface area contributed by atoms with Crippen molar-refractivity contribution >= 4 is 16.8 Å². The molecule has 1 aliphatic rings. The third kappa shape index (κ3) is 8.38. The van der Waals surface area contributed by atoms with Gasteiger partial charge in [-0.15, -0.1) is 0 Å². The van der Waals surface area contributed by atoms with Crippen LogP contribution in [0.2, 0.25) is 0 Å². The highest BCUT2D eigenvalue weighted by Gasteiger charge is 2.46. The quantitative estimate of drug-likeness (QED) is 0.0834. The lowest BCUT2D eigenvalue weighted by molar-refractivity contribution is -0.134. The molecule has 6 aromatic rings. The lowest BCUT2D eigenvalue weighted by Gasteiger charge is -2.41. The minimum atomic E-state index is -1.04. The van der Waals surface area contributed by atoms with Crippen LogP contribution in [0, 0.1) is 0 Å². The molecule has 262 valence electrons. The largest absolute Gasteiger partial charge is 0.374 e. The minimum Gasteiger partial charge on any atom is -0.374 e. The molecule has 1 heterocycles. The maximum absolute atomic E-state index is 7.02. The van der Waals surface area contributed by atoms with Crippen LogP contribution in [0.15, 0.2) is 187 Å². The summed E-state index contributed by atoms with van der Waals surface area (Å²) in [6, 6.07) is 61.6. The molecule has 0 bridgehead atoms. The van der Waals surface area contributed by atoms with E-state index in [0.29, 0.717) is 24.9 Å². The van der Waals surface area contributed by atoms with E-state index in [0.717, 1.165) is 33.4 Å². The second-order valence-electron chi connectivity index (χ2n) is 12.9. The highest BCUT2D eigenvalue weighted by molar-refractivity contribution is 8.14. The van der Waals surface area contributed by atoms with Crippen molar-refractivity contribution in [1.29, 1.82) is 0 Å². The van der Waals surface area contributed by atoms with Crippen LogP contribution in [-0.2, 0) is 44.5 Å². The van der Waals surface area contributed by atoms with Gasteiger partial charge in [0.15, 0.2) is 0 Å². The molecule has 52 heavy (non-hydrogen) atoms. The fourth-order valence-corrected chi connectivity index (χ4v) is 7.81. The molecule has 0 saturated carbocycles. The molecule has 0 unspecified atom stereocenters. The van der Waals surface area contributed by atoms with E-state index in [1.54, 1.807) is 11.8 Å². The van der Waals surface area contributed by atoms with Crippen molar-refractivity contribution in [2.75, 3.05) is 0 Å². The first-order valence-corrected chi connectivity index (χ1v) is 18.6. The fraction of sp³-hybridized carbons (Fsp3) is 0.196. The number of benzene rings is 6. The van der Waals surface area contributed by atoms with Crippen LogP contribution in [0.1, 0.15) is 40.3 Å². The molecule has 0 aliphatic carbocycles. The van der Waals surface area contributed by atoms with Gasteiger partial charge in [-0.1, -0.05) is 206 Å². The molecular weight excluding hydrogens is 663 g/mol. The van der Waals surface area contributed by atoms with Gasteiger partial charge in [0, 0.05) is 21.9 Å². The van der Waals surface area contributed by atoms with Crippen LogP contribution in [0.25, 0.3) is 0 Å². The lowest BCUT2D eigenvalue weighted by Crippen LogP contribution is -2.54. The van der Waals surface area contributed by atoms with E-state index in [2.05, 4.69) is 79.7 Å². The molecule has 1 fully saturated rings. The Kier molecular flexibility index (Phi) is 11.9. The molecule has 7 rings (SSSR count). The van der Waals surface area contributed by atoms with Crippen molar-refractivity contribution < 1.29 is 19.0 Å². The minimum absolute atomic E-state index is 0.0250. The van der Waals surface area contributed by atoms with Crippen LogP contribution in [0.3, 0.4) is 0 Å². The Morgan fingerprint density at radius 1 is 0.462 bits per heavy atom. The van der Waals surface area contributed by atoms with Crippen molar-refractivity contribution in [1.82, 2.24) is 0 Å². The molecule has 6 aromatic carbocycles. The van der Waals surface area contributed by atoms with Gasteiger partial charge in [-0.2, -0.15) is 0 Å². The summed E-state index contributed by atoms with van der Waals surface area (Å²) in [5.74, 6) is 0. The Morgan fingerprint density at radius 2 is 0.808 bits per heavy atom. The van der Waals surface area contributed by atoms with E-state index >= 15 is 0 Å². The monoisotopic (exact) mass is 705 g/mol. The predicted molar refractivity (Wildman–Crippen MR) is 210 cm³/mol. The first-order chi connectivity index (χ1) is 25.7. The SMILES string of the molecule is C[C@@H]1S/C(=N\OC(c2ccccc2)(c2ccccc2)c2ccccc2)[C@H](OCc2ccccc2)[C@@H](OCc2ccccc2)[C@@H]1OCc1ccccc1. The smallest absolute Gasteiger partial charge is 0.212 e. The Bertz CT molecular complexity index is 1870. The zero-order chi connectivity index (χ0) is 35.4. The molecule has 0 amide bonds. The summed E-state index contributed by atoms with van der Waals surface area (Å²) in [5.41, 5.74) is 5.09. The average Bonchev–Trinajstić information content (AvgIpc) is 3.22. The molecular formula is C46H43NO4S. The maximum atomic E-state index is 7.02. The van der Waals surface area contributed by atoms with E-state index in [1.165, 1.54) is 0 Å². The van der Waals surface area contributed by atoms with Gasteiger partial charge in [-0.05, 0) is 16.7 Å². The van der Waals surface area contributed by atoms with Gasteiger partial charge in [0.1, 0.15) is 17.3 Å². The van der Waals surface area contributed by atoms with Gasteiger partial charge in [0.2, 0.25) is 5.60 Å². The van der Waals surface area contributed by atoms with Gasteiger partial charge in [-0.3, -0.25) is 0 Å². The summed E-state index contributed by atoms with van der Waals surface area (Å²) >= 11 is 1.62. The second-order valence-corrected chi connectivity index (χ2v) is 14.3. The summed E-state index contributed by atoms with van der Waals surface area (Å²) in [4.78, 5) is 7.02. The van der Waals surface area contributed by atoms with Crippen molar-refractivity contribution in [3.05, 3.63) is 215 Å². The Hall–Kier alpha value is -4.98. The molecule has 0 spiro atoms. The van der Waals surface area contributed by atoms with E-state index in [4.69, 9.17) is 24.2 Å². The first-order valence-electron chi connectivity index (χ1n) is 17.8. The Morgan fingerprint density at radius 3 is 1.21 bits per heavy atom. The lowest BCUT2D eigenvalue weighted by atomic mass is 9.80. The third-order valence-corrected chi connectivity index (χ3v) is 10.5. The number of nitrogens with zero attached hydrogens (tertiary/aromatic N) is 1. The molecule has 1 saturated heterocycles. The third-order valence-electron chi connectivity index (χ3n) is 9.29. The number of hydrogen-bond donors (Lipinski definition) is 0. The van der Waals surface area contributed by atoms with Crippen LogP contribution in [0.5, 0.6) is 0 Å². The summed E-state index contributed by atoms with van der Waals surface area (Å²) in [6.45, 7) is 3.39. The molecule has 5 nitrogen and oxygen atoms in total. The van der Waals surface area contributed by atoms with Crippen LogP contribution in [-0.4, -0.2) is 28.6 Å². The van der Waals surface area contributed by atoms with Crippen LogP contribution < -0.4 is 0 Å². The van der Waals surface area contributed by atoms with Gasteiger partial charge in [-0.25, -0.2) is 0 Å². The zero-order valence-electron chi connectivity index (χ0n) is 29.2. The van der Waals surface area contributed by atoms with E-state index < -0.39 is 17.8 Å². The number of thioether (sulfide) groups is 1. The number of rotatable bonds is 14. The Labute approximate surface area is 311 Å². The van der Waals surface area contributed by atoms with Gasteiger partial charge in [0.25, 0.3) is 0 Å². The van der Waals surface area contributed by atoms with Crippen LogP contribution in [0.4, 0.5) is 0 Å². The van der Waals surface area contributed by atoms with Crippen LogP contribution >= 0.6 is 11.8 Å². The molecule has 1 aliphatic heterocycles.